The van der Waals surface area contributed by atoms with Gasteiger partial charge in [0, 0.05) is 6.54 Å². The number of thiocarbonyl (C=S) groups is 1. The Kier molecular flexibility index (Phi) is 5.08. The number of rotatable bonds is 4. The number of nitrogens with zero attached hydrogens (tertiary/aromatic N) is 2. The highest BCUT2D eigenvalue weighted by atomic mass is 32.2. The maximum atomic E-state index is 12.8. The Morgan fingerprint density at radius 2 is 1.91 bits per heavy atom. The zero-order valence-corrected chi connectivity index (χ0v) is 15.1. The van der Waals surface area contributed by atoms with Crippen molar-refractivity contribution < 1.29 is 9.59 Å². The van der Waals surface area contributed by atoms with Crippen LogP contribution in [0.15, 0.2) is 40.3 Å². The number of thioether (sulfide) groups is 2. The van der Waals surface area contributed by atoms with Gasteiger partial charge in [-0.2, -0.15) is 0 Å². The van der Waals surface area contributed by atoms with E-state index in [0.29, 0.717) is 28.1 Å². The van der Waals surface area contributed by atoms with Gasteiger partial charge in [0.25, 0.3) is 5.91 Å². The quantitative estimate of drug-likeness (QED) is 0.606. The molecule has 0 atom stereocenters. The van der Waals surface area contributed by atoms with Gasteiger partial charge < -0.3 is 4.90 Å². The molecule has 2 amide bonds. The minimum absolute atomic E-state index is 0.0696. The first-order chi connectivity index (χ1) is 11.1. The lowest BCUT2D eigenvalue weighted by molar-refractivity contribution is -0.125. The first kappa shape index (κ1) is 16.5. The fourth-order valence-electron chi connectivity index (χ4n) is 2.47. The van der Waals surface area contributed by atoms with E-state index in [1.807, 2.05) is 37.3 Å². The minimum atomic E-state index is -0.0952. The van der Waals surface area contributed by atoms with Gasteiger partial charge in [0.2, 0.25) is 5.91 Å². The van der Waals surface area contributed by atoms with Crippen molar-refractivity contribution in [2.45, 2.75) is 19.9 Å². The van der Waals surface area contributed by atoms with Gasteiger partial charge in [-0.05, 0) is 12.0 Å². The standard InChI is InChI=1S/C16H16N2O2S3/c1-2-8-17-12(19)10-22-15(17)13-14(20)18(16(21)23-13)9-11-6-4-3-5-7-11/h3-7H,2,8-10H2,1H3. The van der Waals surface area contributed by atoms with Crippen LogP contribution in [0.5, 0.6) is 0 Å². The molecule has 0 radical (unpaired) electrons. The van der Waals surface area contributed by atoms with E-state index in [0.717, 1.165) is 17.0 Å². The number of hydrogen-bond donors (Lipinski definition) is 0. The Labute approximate surface area is 149 Å². The van der Waals surface area contributed by atoms with Crippen molar-refractivity contribution in [3.8, 4) is 0 Å². The number of amides is 2. The summed E-state index contributed by atoms with van der Waals surface area (Å²) in [4.78, 5) is 28.7. The van der Waals surface area contributed by atoms with Gasteiger partial charge in [-0.25, -0.2) is 0 Å². The van der Waals surface area contributed by atoms with Gasteiger partial charge in [-0.15, -0.1) is 0 Å². The molecule has 0 aromatic heterocycles. The molecule has 23 heavy (non-hydrogen) atoms. The fourth-order valence-corrected chi connectivity index (χ4v) is 4.98. The molecule has 0 spiro atoms. The molecule has 1 aromatic rings. The average Bonchev–Trinajstić information content (AvgIpc) is 3.04. The van der Waals surface area contributed by atoms with E-state index in [1.54, 1.807) is 9.80 Å². The Morgan fingerprint density at radius 1 is 1.17 bits per heavy atom. The second-order valence-electron chi connectivity index (χ2n) is 5.21. The van der Waals surface area contributed by atoms with Crippen LogP contribution in [0.3, 0.4) is 0 Å². The molecule has 0 N–H and O–H groups in total. The Bertz CT molecular complexity index is 688. The number of carbonyl (C=O) groups excluding carboxylic acids is 2. The molecule has 1 aromatic carbocycles. The van der Waals surface area contributed by atoms with Gasteiger partial charge in [-0.1, -0.05) is 73.0 Å². The number of carbonyl (C=O) groups is 2. The normalized spacial score (nSPS) is 21.7. The Morgan fingerprint density at radius 3 is 2.61 bits per heavy atom. The largest absolute Gasteiger partial charge is 0.305 e. The van der Waals surface area contributed by atoms with Crippen molar-refractivity contribution in [2.24, 2.45) is 0 Å². The molecule has 0 unspecified atom stereocenters. The van der Waals surface area contributed by atoms with Crippen LogP contribution in [-0.4, -0.2) is 38.2 Å². The van der Waals surface area contributed by atoms with Crippen LogP contribution in [0, 0.1) is 0 Å². The molecule has 0 saturated carbocycles. The maximum Gasteiger partial charge on any atom is 0.269 e. The zero-order valence-electron chi connectivity index (χ0n) is 12.7. The molecule has 3 rings (SSSR count). The molecule has 2 heterocycles. The van der Waals surface area contributed by atoms with Crippen molar-refractivity contribution >= 4 is 51.9 Å². The van der Waals surface area contributed by atoms with E-state index in [1.165, 1.54) is 23.5 Å². The van der Waals surface area contributed by atoms with Gasteiger partial charge in [0.15, 0.2) is 0 Å². The summed E-state index contributed by atoms with van der Waals surface area (Å²) in [6, 6.07) is 9.78. The summed E-state index contributed by atoms with van der Waals surface area (Å²) in [6.07, 6.45) is 0.861. The molecular formula is C16H16N2O2S3. The minimum Gasteiger partial charge on any atom is -0.305 e. The summed E-state index contributed by atoms with van der Waals surface area (Å²) in [7, 11) is 0. The summed E-state index contributed by atoms with van der Waals surface area (Å²) in [6.45, 7) is 3.13. The van der Waals surface area contributed by atoms with Crippen molar-refractivity contribution in [3.05, 3.63) is 45.8 Å². The summed E-state index contributed by atoms with van der Waals surface area (Å²) >= 11 is 8.12. The molecule has 0 aliphatic carbocycles. The highest BCUT2D eigenvalue weighted by Gasteiger charge is 2.39. The van der Waals surface area contributed by atoms with Crippen LogP contribution in [0.1, 0.15) is 18.9 Å². The van der Waals surface area contributed by atoms with Crippen molar-refractivity contribution in [1.29, 1.82) is 0 Å². The first-order valence-corrected chi connectivity index (χ1v) is 9.58. The number of hydrogen-bond acceptors (Lipinski definition) is 5. The van der Waals surface area contributed by atoms with Gasteiger partial charge in [-0.3, -0.25) is 14.5 Å². The van der Waals surface area contributed by atoms with Crippen molar-refractivity contribution in [1.82, 2.24) is 9.80 Å². The molecule has 2 fully saturated rings. The molecule has 7 heteroatoms. The smallest absolute Gasteiger partial charge is 0.269 e. The third kappa shape index (κ3) is 3.32. The molecule has 2 aliphatic rings. The van der Waals surface area contributed by atoms with Crippen molar-refractivity contribution in [3.63, 3.8) is 0 Å². The molecular weight excluding hydrogens is 348 g/mol. The average molecular weight is 365 g/mol. The summed E-state index contributed by atoms with van der Waals surface area (Å²) < 4.78 is 0.553. The third-order valence-corrected chi connectivity index (χ3v) is 6.21. The van der Waals surface area contributed by atoms with E-state index in [-0.39, 0.29) is 11.8 Å². The second kappa shape index (κ2) is 7.07. The predicted molar refractivity (Wildman–Crippen MR) is 98.7 cm³/mol. The topological polar surface area (TPSA) is 40.6 Å². The highest BCUT2D eigenvalue weighted by Crippen LogP contribution is 2.41. The Hall–Kier alpha value is -1.31. The lowest BCUT2D eigenvalue weighted by Crippen LogP contribution is -2.29. The second-order valence-corrected chi connectivity index (χ2v) is 7.82. The van der Waals surface area contributed by atoms with Crippen LogP contribution in [0.25, 0.3) is 0 Å². The van der Waals surface area contributed by atoms with E-state index >= 15 is 0 Å². The van der Waals surface area contributed by atoms with Crippen LogP contribution in [0.4, 0.5) is 0 Å². The zero-order chi connectivity index (χ0) is 16.4. The Balaban J connectivity index is 1.86. The van der Waals surface area contributed by atoms with Crippen LogP contribution < -0.4 is 0 Å². The van der Waals surface area contributed by atoms with Crippen LogP contribution in [0.2, 0.25) is 0 Å². The third-order valence-electron chi connectivity index (χ3n) is 3.55. The molecule has 2 saturated heterocycles. The SMILES string of the molecule is CCCN1C(=O)CSC1=C1SC(=S)N(Cc2ccccc2)C1=O. The van der Waals surface area contributed by atoms with E-state index < -0.39 is 0 Å². The summed E-state index contributed by atoms with van der Waals surface area (Å²) in [5.41, 5.74) is 1.04. The van der Waals surface area contributed by atoms with Gasteiger partial charge >= 0.3 is 0 Å². The number of benzene rings is 1. The van der Waals surface area contributed by atoms with Crippen LogP contribution >= 0.6 is 35.7 Å². The van der Waals surface area contributed by atoms with Crippen LogP contribution in [-0.2, 0) is 16.1 Å². The lowest BCUT2D eigenvalue weighted by atomic mass is 10.2. The van der Waals surface area contributed by atoms with Gasteiger partial charge in [0.1, 0.15) is 9.23 Å². The van der Waals surface area contributed by atoms with E-state index in [9.17, 15) is 9.59 Å². The first-order valence-electron chi connectivity index (χ1n) is 7.37. The van der Waals surface area contributed by atoms with E-state index in [4.69, 9.17) is 12.2 Å². The molecule has 2 aliphatic heterocycles. The molecule has 0 bridgehead atoms. The molecule has 120 valence electrons. The lowest BCUT2D eigenvalue weighted by Gasteiger charge is -2.17. The highest BCUT2D eigenvalue weighted by molar-refractivity contribution is 8.27. The summed E-state index contributed by atoms with van der Waals surface area (Å²) in [5, 5.41) is 0.768. The van der Waals surface area contributed by atoms with Gasteiger partial charge in [0.05, 0.1) is 17.3 Å². The van der Waals surface area contributed by atoms with E-state index in [2.05, 4.69) is 0 Å². The maximum absolute atomic E-state index is 12.8. The summed E-state index contributed by atoms with van der Waals surface area (Å²) in [5.74, 6) is 0.375. The fraction of sp³-hybridized carbons (Fsp3) is 0.312. The monoisotopic (exact) mass is 364 g/mol. The molecule has 4 nitrogen and oxygen atoms in total. The predicted octanol–water partition coefficient (Wildman–Crippen LogP) is 3.20. The van der Waals surface area contributed by atoms with Crippen molar-refractivity contribution in [2.75, 3.05) is 12.3 Å².